The van der Waals surface area contributed by atoms with Gasteiger partial charge < -0.3 is 14.8 Å². The topological polar surface area (TPSA) is 47.6 Å². The Bertz CT molecular complexity index is 424. The van der Waals surface area contributed by atoms with E-state index in [4.69, 9.17) is 4.74 Å². The molecule has 0 spiro atoms. The number of benzene rings is 1. The van der Waals surface area contributed by atoms with E-state index < -0.39 is 0 Å². The first-order chi connectivity index (χ1) is 9.40. The minimum Gasteiger partial charge on any atom is -0.494 e. The molecule has 1 aromatic carbocycles. The summed E-state index contributed by atoms with van der Waals surface area (Å²) in [5.41, 5.74) is 1.28. The third kappa shape index (κ3) is 7.14. The second-order valence-corrected chi connectivity index (χ2v) is 5.78. The first-order valence-corrected chi connectivity index (χ1v) is 6.94. The summed E-state index contributed by atoms with van der Waals surface area (Å²) in [7, 11) is 1.40. The van der Waals surface area contributed by atoms with Crippen LogP contribution < -0.4 is 10.1 Å². The first kappa shape index (κ1) is 16.5. The molecule has 0 fully saturated rings. The quantitative estimate of drug-likeness (QED) is 0.616. The zero-order valence-corrected chi connectivity index (χ0v) is 12.9. The van der Waals surface area contributed by atoms with E-state index in [1.165, 1.54) is 12.7 Å². The summed E-state index contributed by atoms with van der Waals surface area (Å²) >= 11 is 0. The number of esters is 1. The summed E-state index contributed by atoms with van der Waals surface area (Å²) < 4.78 is 10.2. The molecule has 0 heterocycles. The maximum absolute atomic E-state index is 11.0. The lowest BCUT2D eigenvalue weighted by atomic mass is 10.1. The Labute approximate surface area is 121 Å². The molecule has 0 aliphatic carbocycles. The van der Waals surface area contributed by atoms with E-state index in [0.29, 0.717) is 19.4 Å². The summed E-state index contributed by atoms with van der Waals surface area (Å²) in [6.45, 7) is 7.74. The van der Waals surface area contributed by atoms with E-state index in [2.05, 4.69) is 36.9 Å². The molecule has 1 N–H and O–H groups in total. The van der Waals surface area contributed by atoms with Crippen LogP contribution in [0.1, 0.15) is 39.2 Å². The van der Waals surface area contributed by atoms with E-state index >= 15 is 0 Å². The van der Waals surface area contributed by atoms with E-state index in [9.17, 15) is 4.79 Å². The van der Waals surface area contributed by atoms with Gasteiger partial charge in [-0.15, -0.1) is 0 Å². The average molecular weight is 279 g/mol. The van der Waals surface area contributed by atoms with Gasteiger partial charge in [-0.2, -0.15) is 0 Å². The van der Waals surface area contributed by atoms with Crippen LogP contribution in [-0.4, -0.2) is 25.2 Å². The van der Waals surface area contributed by atoms with Gasteiger partial charge in [0.05, 0.1) is 13.7 Å². The molecule has 0 amide bonds. The Balaban J connectivity index is 2.38. The number of carbonyl (C=O) groups excluding carboxylic acids is 1. The third-order valence-corrected chi connectivity index (χ3v) is 2.74. The Morgan fingerprint density at radius 1 is 1.30 bits per heavy atom. The first-order valence-electron chi connectivity index (χ1n) is 6.94. The Morgan fingerprint density at radius 3 is 2.70 bits per heavy atom. The highest BCUT2D eigenvalue weighted by atomic mass is 16.5. The number of hydrogen-bond acceptors (Lipinski definition) is 4. The van der Waals surface area contributed by atoms with Crippen molar-refractivity contribution < 1.29 is 14.3 Å². The molecule has 0 atom stereocenters. The van der Waals surface area contributed by atoms with Crippen molar-refractivity contribution in [2.24, 2.45) is 0 Å². The van der Waals surface area contributed by atoms with Crippen LogP contribution in [-0.2, 0) is 16.1 Å². The summed E-state index contributed by atoms with van der Waals surface area (Å²) in [5.74, 6) is 0.639. The molecule has 4 heteroatoms. The lowest BCUT2D eigenvalue weighted by molar-refractivity contribution is -0.140. The van der Waals surface area contributed by atoms with Crippen molar-refractivity contribution in [2.75, 3.05) is 13.7 Å². The summed E-state index contributed by atoms with van der Waals surface area (Å²) in [5, 5.41) is 3.44. The summed E-state index contributed by atoms with van der Waals surface area (Å²) in [6, 6.07) is 8.00. The minimum absolute atomic E-state index is 0.0946. The molecule has 1 rings (SSSR count). The molecule has 4 nitrogen and oxygen atoms in total. The number of carbonyl (C=O) groups is 1. The van der Waals surface area contributed by atoms with Crippen LogP contribution >= 0.6 is 0 Å². The van der Waals surface area contributed by atoms with Gasteiger partial charge in [-0.3, -0.25) is 4.79 Å². The van der Waals surface area contributed by atoms with Gasteiger partial charge in [-0.25, -0.2) is 0 Å². The number of rotatable bonds is 7. The van der Waals surface area contributed by atoms with Crippen molar-refractivity contribution in [1.29, 1.82) is 0 Å². The van der Waals surface area contributed by atoms with E-state index in [1.807, 2.05) is 18.2 Å². The number of methoxy groups -OCH3 is 1. The van der Waals surface area contributed by atoms with Crippen molar-refractivity contribution in [3.05, 3.63) is 29.8 Å². The smallest absolute Gasteiger partial charge is 0.305 e. The van der Waals surface area contributed by atoms with E-state index in [1.54, 1.807) is 0 Å². The minimum atomic E-state index is -0.197. The third-order valence-electron chi connectivity index (χ3n) is 2.74. The van der Waals surface area contributed by atoms with Gasteiger partial charge in [-0.1, -0.05) is 12.1 Å². The Kier molecular flexibility index (Phi) is 6.52. The van der Waals surface area contributed by atoms with Gasteiger partial charge in [0.2, 0.25) is 0 Å². The molecule has 0 radical (unpaired) electrons. The highest BCUT2D eigenvalue weighted by Gasteiger charge is 2.08. The molecular formula is C16H25NO3. The normalized spacial score (nSPS) is 11.2. The van der Waals surface area contributed by atoms with Crippen molar-refractivity contribution in [3.63, 3.8) is 0 Å². The summed E-state index contributed by atoms with van der Waals surface area (Å²) in [4.78, 5) is 11.0. The zero-order valence-electron chi connectivity index (χ0n) is 12.9. The van der Waals surface area contributed by atoms with Gasteiger partial charge in [0, 0.05) is 18.5 Å². The van der Waals surface area contributed by atoms with Gasteiger partial charge in [0.15, 0.2) is 0 Å². The van der Waals surface area contributed by atoms with Crippen LogP contribution in [0.5, 0.6) is 5.75 Å². The molecule has 112 valence electrons. The molecule has 0 aliphatic heterocycles. The van der Waals surface area contributed by atoms with Crippen molar-refractivity contribution >= 4 is 5.97 Å². The van der Waals surface area contributed by atoms with Crippen LogP contribution in [0.2, 0.25) is 0 Å². The van der Waals surface area contributed by atoms with Gasteiger partial charge in [-0.05, 0) is 44.9 Å². The lowest BCUT2D eigenvalue weighted by Crippen LogP contribution is -2.35. The van der Waals surface area contributed by atoms with E-state index in [-0.39, 0.29) is 11.5 Å². The predicted molar refractivity (Wildman–Crippen MR) is 79.8 cm³/mol. The molecule has 0 aliphatic rings. The monoisotopic (exact) mass is 279 g/mol. The fourth-order valence-corrected chi connectivity index (χ4v) is 1.62. The van der Waals surface area contributed by atoms with Crippen molar-refractivity contribution in [2.45, 2.75) is 45.7 Å². The number of ether oxygens (including phenoxy) is 2. The summed E-state index contributed by atoms with van der Waals surface area (Å²) in [6.07, 6.45) is 1.05. The molecule has 20 heavy (non-hydrogen) atoms. The SMILES string of the molecule is COC(=O)CCCOc1cccc(CNC(C)(C)C)c1. The molecule has 1 aromatic rings. The van der Waals surface area contributed by atoms with Crippen molar-refractivity contribution in [1.82, 2.24) is 5.32 Å². The van der Waals surface area contributed by atoms with Gasteiger partial charge in [0.25, 0.3) is 0 Å². The van der Waals surface area contributed by atoms with Crippen LogP contribution in [0.3, 0.4) is 0 Å². The second-order valence-electron chi connectivity index (χ2n) is 5.78. The van der Waals surface area contributed by atoms with Crippen LogP contribution in [0.25, 0.3) is 0 Å². The molecule has 0 bridgehead atoms. The standard InChI is InChI=1S/C16H25NO3/c1-16(2,3)17-12-13-7-5-8-14(11-13)20-10-6-9-15(18)19-4/h5,7-8,11,17H,6,9-10,12H2,1-4H3. The molecule has 0 aromatic heterocycles. The van der Waals surface area contributed by atoms with Crippen LogP contribution in [0.15, 0.2) is 24.3 Å². The van der Waals surface area contributed by atoms with Crippen LogP contribution in [0, 0.1) is 0 Å². The number of hydrogen-bond donors (Lipinski definition) is 1. The highest BCUT2D eigenvalue weighted by molar-refractivity contribution is 5.69. The maximum atomic E-state index is 11.0. The van der Waals surface area contributed by atoms with E-state index in [0.717, 1.165) is 12.3 Å². The maximum Gasteiger partial charge on any atom is 0.305 e. The second kappa shape index (κ2) is 7.90. The number of nitrogens with one attached hydrogen (secondary N) is 1. The molecule has 0 unspecified atom stereocenters. The fourth-order valence-electron chi connectivity index (χ4n) is 1.62. The zero-order chi connectivity index (χ0) is 15.0. The largest absolute Gasteiger partial charge is 0.494 e. The van der Waals surface area contributed by atoms with Crippen molar-refractivity contribution in [3.8, 4) is 5.75 Å². The van der Waals surface area contributed by atoms with Crippen LogP contribution in [0.4, 0.5) is 0 Å². The predicted octanol–water partition coefficient (Wildman–Crippen LogP) is 2.91. The van der Waals surface area contributed by atoms with Gasteiger partial charge in [0.1, 0.15) is 5.75 Å². The van der Waals surface area contributed by atoms with Gasteiger partial charge >= 0.3 is 5.97 Å². The fraction of sp³-hybridized carbons (Fsp3) is 0.562. The average Bonchev–Trinajstić information content (AvgIpc) is 2.41. The molecular weight excluding hydrogens is 254 g/mol. The molecule has 0 saturated heterocycles. The Hall–Kier alpha value is -1.55. The molecule has 0 saturated carbocycles. The lowest BCUT2D eigenvalue weighted by Gasteiger charge is -2.20. The Morgan fingerprint density at radius 2 is 2.05 bits per heavy atom. The highest BCUT2D eigenvalue weighted by Crippen LogP contribution is 2.14.